The van der Waals surface area contributed by atoms with Gasteiger partial charge in [-0.2, -0.15) is 0 Å². The van der Waals surface area contributed by atoms with E-state index in [1.807, 2.05) is 0 Å². The Bertz CT molecular complexity index is 371. The highest BCUT2D eigenvalue weighted by Crippen LogP contribution is 2.33. The van der Waals surface area contributed by atoms with Crippen molar-refractivity contribution in [2.75, 3.05) is 53.0 Å². The van der Waals surface area contributed by atoms with Crippen LogP contribution in [-0.2, 0) is 9.53 Å². The number of hydrogen-bond acceptors (Lipinski definition) is 4. The van der Waals surface area contributed by atoms with Crippen molar-refractivity contribution < 1.29 is 9.53 Å². The van der Waals surface area contributed by atoms with E-state index in [1.165, 1.54) is 32.4 Å². The van der Waals surface area contributed by atoms with Crippen molar-refractivity contribution in [1.29, 1.82) is 0 Å². The molecule has 0 saturated carbocycles. The fraction of sp³-hybridized carbons (Fsp3) is 0.941. The molecule has 5 nitrogen and oxygen atoms in total. The van der Waals surface area contributed by atoms with Crippen molar-refractivity contribution in [2.45, 2.75) is 44.6 Å². The fourth-order valence-corrected chi connectivity index (χ4v) is 4.44. The summed E-state index contributed by atoms with van der Waals surface area (Å²) in [4.78, 5) is 17.9. The molecule has 3 aliphatic heterocycles. The summed E-state index contributed by atoms with van der Waals surface area (Å²) in [5, 5.41) is 3.37. The van der Waals surface area contributed by atoms with Gasteiger partial charge in [-0.3, -0.25) is 9.69 Å². The van der Waals surface area contributed by atoms with E-state index >= 15 is 0 Å². The zero-order valence-electron chi connectivity index (χ0n) is 14.0. The molecule has 22 heavy (non-hydrogen) atoms. The maximum absolute atomic E-state index is 13.1. The van der Waals surface area contributed by atoms with Crippen LogP contribution < -0.4 is 5.32 Å². The van der Waals surface area contributed by atoms with Crippen molar-refractivity contribution in [3.05, 3.63) is 0 Å². The molecule has 0 aromatic heterocycles. The average Bonchev–Trinajstić information content (AvgIpc) is 3.06. The molecule has 0 aliphatic carbocycles. The van der Waals surface area contributed by atoms with Crippen LogP contribution in [-0.4, -0.2) is 74.7 Å². The number of nitrogens with one attached hydrogen (secondary N) is 1. The molecule has 3 fully saturated rings. The number of piperidine rings is 2. The standard InChI is InChI=1S/C17H31N3O2/c1-22-14-17(6-8-18-9-7-17)16(21)20-12-5-15(13-20)19-10-3-2-4-11-19/h15,18H,2-14H2,1H3. The molecule has 1 unspecified atom stereocenters. The molecule has 126 valence electrons. The van der Waals surface area contributed by atoms with Gasteiger partial charge >= 0.3 is 0 Å². The molecule has 0 bridgehead atoms. The van der Waals surface area contributed by atoms with E-state index in [9.17, 15) is 4.79 Å². The third kappa shape index (κ3) is 3.31. The Morgan fingerprint density at radius 1 is 1.18 bits per heavy atom. The van der Waals surface area contributed by atoms with Crippen LogP contribution in [0.15, 0.2) is 0 Å². The number of methoxy groups -OCH3 is 1. The highest BCUT2D eigenvalue weighted by Gasteiger charge is 2.44. The number of rotatable bonds is 4. The van der Waals surface area contributed by atoms with Gasteiger partial charge in [-0.25, -0.2) is 0 Å². The summed E-state index contributed by atoms with van der Waals surface area (Å²) in [5.74, 6) is 0.343. The molecule has 3 rings (SSSR count). The first-order valence-electron chi connectivity index (χ1n) is 8.98. The molecule has 3 aliphatic rings. The van der Waals surface area contributed by atoms with Gasteiger partial charge in [-0.1, -0.05) is 6.42 Å². The quantitative estimate of drug-likeness (QED) is 0.844. The molecule has 0 aromatic rings. The normalized spacial score (nSPS) is 29.7. The van der Waals surface area contributed by atoms with E-state index < -0.39 is 0 Å². The molecular weight excluding hydrogens is 278 g/mol. The fourth-order valence-electron chi connectivity index (χ4n) is 4.44. The predicted molar refractivity (Wildman–Crippen MR) is 86.8 cm³/mol. The second kappa shape index (κ2) is 7.28. The van der Waals surface area contributed by atoms with Crippen LogP contribution in [0.5, 0.6) is 0 Å². The third-order valence-electron chi connectivity index (χ3n) is 5.79. The van der Waals surface area contributed by atoms with Crippen LogP contribution in [0, 0.1) is 5.41 Å². The molecule has 0 aromatic carbocycles. The number of carbonyl (C=O) groups excluding carboxylic acids is 1. The molecule has 1 atom stereocenters. The van der Waals surface area contributed by atoms with E-state index in [1.54, 1.807) is 7.11 Å². The van der Waals surface area contributed by atoms with Gasteiger partial charge in [0.25, 0.3) is 0 Å². The summed E-state index contributed by atoms with van der Waals surface area (Å²) in [5.41, 5.74) is -0.281. The summed E-state index contributed by atoms with van der Waals surface area (Å²) >= 11 is 0. The maximum Gasteiger partial charge on any atom is 0.231 e. The van der Waals surface area contributed by atoms with Crippen LogP contribution in [0.3, 0.4) is 0 Å². The van der Waals surface area contributed by atoms with Crippen molar-refractivity contribution in [2.24, 2.45) is 5.41 Å². The largest absolute Gasteiger partial charge is 0.384 e. The summed E-state index contributed by atoms with van der Waals surface area (Å²) < 4.78 is 5.42. The summed E-state index contributed by atoms with van der Waals surface area (Å²) in [7, 11) is 1.72. The minimum atomic E-state index is -0.281. The van der Waals surface area contributed by atoms with Gasteiger partial charge in [0, 0.05) is 26.2 Å². The minimum absolute atomic E-state index is 0.281. The maximum atomic E-state index is 13.1. The molecule has 3 saturated heterocycles. The Morgan fingerprint density at radius 3 is 2.59 bits per heavy atom. The van der Waals surface area contributed by atoms with Crippen LogP contribution in [0.2, 0.25) is 0 Å². The lowest BCUT2D eigenvalue weighted by Crippen LogP contribution is -2.51. The number of nitrogens with zero attached hydrogens (tertiary/aromatic N) is 2. The molecule has 3 heterocycles. The number of hydrogen-bond donors (Lipinski definition) is 1. The topological polar surface area (TPSA) is 44.8 Å². The Hall–Kier alpha value is -0.650. The van der Waals surface area contributed by atoms with Gasteiger partial charge in [0.05, 0.1) is 12.0 Å². The highest BCUT2D eigenvalue weighted by atomic mass is 16.5. The minimum Gasteiger partial charge on any atom is -0.384 e. The first kappa shape index (κ1) is 16.2. The SMILES string of the molecule is COCC1(C(=O)N2CCC(N3CCCCC3)C2)CCNCC1. The van der Waals surface area contributed by atoms with Gasteiger partial charge in [-0.15, -0.1) is 0 Å². The van der Waals surface area contributed by atoms with E-state index in [0.29, 0.717) is 18.6 Å². The first-order valence-corrected chi connectivity index (χ1v) is 8.98. The van der Waals surface area contributed by atoms with E-state index in [0.717, 1.165) is 45.4 Å². The van der Waals surface area contributed by atoms with Gasteiger partial charge in [-0.05, 0) is 58.3 Å². The van der Waals surface area contributed by atoms with Gasteiger partial charge in [0.15, 0.2) is 0 Å². The second-order valence-electron chi connectivity index (χ2n) is 7.25. The van der Waals surface area contributed by atoms with E-state index in [-0.39, 0.29) is 5.41 Å². The number of ether oxygens (including phenoxy) is 1. The van der Waals surface area contributed by atoms with Crippen molar-refractivity contribution in [1.82, 2.24) is 15.1 Å². The second-order valence-corrected chi connectivity index (χ2v) is 7.25. The van der Waals surface area contributed by atoms with Crippen molar-refractivity contribution in [3.63, 3.8) is 0 Å². The van der Waals surface area contributed by atoms with E-state index in [4.69, 9.17) is 4.74 Å². The van der Waals surface area contributed by atoms with Crippen LogP contribution >= 0.6 is 0 Å². The van der Waals surface area contributed by atoms with Crippen LogP contribution in [0.25, 0.3) is 0 Å². The monoisotopic (exact) mass is 309 g/mol. The van der Waals surface area contributed by atoms with Gasteiger partial charge in [0.1, 0.15) is 0 Å². The van der Waals surface area contributed by atoms with Crippen molar-refractivity contribution in [3.8, 4) is 0 Å². The van der Waals surface area contributed by atoms with Gasteiger partial charge < -0.3 is 15.0 Å². The Kier molecular flexibility index (Phi) is 5.37. The molecule has 0 spiro atoms. The zero-order chi connectivity index (χ0) is 15.4. The average molecular weight is 309 g/mol. The number of carbonyl (C=O) groups is 1. The predicted octanol–water partition coefficient (Wildman–Crippen LogP) is 1.09. The third-order valence-corrected chi connectivity index (χ3v) is 5.79. The van der Waals surface area contributed by atoms with Crippen LogP contribution in [0.4, 0.5) is 0 Å². The molecule has 1 amide bonds. The van der Waals surface area contributed by atoms with E-state index in [2.05, 4.69) is 15.1 Å². The molecule has 1 N–H and O–H groups in total. The Balaban J connectivity index is 1.61. The summed E-state index contributed by atoms with van der Waals surface area (Å²) in [6, 6.07) is 0.588. The Labute approximate surface area is 134 Å². The number of amides is 1. The smallest absolute Gasteiger partial charge is 0.231 e. The Morgan fingerprint density at radius 2 is 1.91 bits per heavy atom. The molecule has 0 radical (unpaired) electrons. The van der Waals surface area contributed by atoms with Crippen molar-refractivity contribution >= 4 is 5.91 Å². The van der Waals surface area contributed by atoms with Gasteiger partial charge in [0.2, 0.25) is 5.91 Å². The van der Waals surface area contributed by atoms with Crippen LogP contribution in [0.1, 0.15) is 38.5 Å². The summed E-state index contributed by atoms with van der Waals surface area (Å²) in [6.45, 7) is 6.73. The molecular formula is C17H31N3O2. The summed E-state index contributed by atoms with van der Waals surface area (Å²) in [6.07, 6.45) is 6.98. The molecule has 5 heteroatoms. The number of likely N-dealkylation sites (tertiary alicyclic amines) is 2. The first-order chi connectivity index (χ1) is 10.7. The lowest BCUT2D eigenvalue weighted by atomic mass is 9.78. The lowest BCUT2D eigenvalue weighted by molar-refractivity contribution is -0.146. The lowest BCUT2D eigenvalue weighted by Gasteiger charge is -2.39. The highest BCUT2D eigenvalue weighted by molar-refractivity contribution is 5.83. The zero-order valence-corrected chi connectivity index (χ0v) is 14.0.